The van der Waals surface area contributed by atoms with Crippen LogP contribution in [-0.2, 0) is 0 Å². The van der Waals surface area contributed by atoms with Crippen LogP contribution in [-0.4, -0.2) is 18.2 Å². The second kappa shape index (κ2) is 4.63. The third kappa shape index (κ3) is 3.12. The Labute approximate surface area is 105 Å². The fourth-order valence-electron chi connectivity index (χ4n) is 1.03. The Balaban J connectivity index is 2.80. The monoisotopic (exact) mass is 252 g/mol. The first-order valence-electron chi connectivity index (χ1n) is 5.47. The van der Waals surface area contributed by atoms with E-state index in [2.05, 4.69) is 43.8 Å². The normalized spacial score (nSPS) is 12.3. The molecule has 0 radical (unpaired) electrons. The average molecular weight is 252 g/mol. The van der Waals surface area contributed by atoms with E-state index in [9.17, 15) is 0 Å². The van der Waals surface area contributed by atoms with E-state index in [0.717, 1.165) is 10.7 Å². The van der Waals surface area contributed by atoms with Gasteiger partial charge in [-0.2, -0.15) is 0 Å². The summed E-state index contributed by atoms with van der Waals surface area (Å²) in [6.07, 6.45) is 1.77. The van der Waals surface area contributed by atoms with Crippen molar-refractivity contribution in [2.75, 3.05) is 0 Å². The van der Waals surface area contributed by atoms with Crippen LogP contribution in [0.3, 0.4) is 0 Å². The molecular weight excluding hydrogens is 232 g/mol. The van der Waals surface area contributed by atoms with Crippen molar-refractivity contribution in [3.8, 4) is 0 Å². The average Bonchev–Trinajstić information content (AvgIpc) is 2.16. The van der Waals surface area contributed by atoms with Gasteiger partial charge >= 0.3 is 0 Å². The van der Waals surface area contributed by atoms with Gasteiger partial charge in [-0.1, -0.05) is 52.1 Å². The van der Waals surface area contributed by atoms with Crippen molar-refractivity contribution in [2.24, 2.45) is 0 Å². The zero-order chi connectivity index (χ0) is 12.4. The van der Waals surface area contributed by atoms with Gasteiger partial charge in [0.05, 0.1) is 5.69 Å². The lowest BCUT2D eigenvalue weighted by Gasteiger charge is -2.37. The van der Waals surface area contributed by atoms with Gasteiger partial charge in [0.2, 0.25) is 0 Å². The Morgan fingerprint density at radius 1 is 1.31 bits per heavy atom. The van der Waals surface area contributed by atoms with Crippen molar-refractivity contribution < 1.29 is 0 Å². The topological polar surface area (TPSA) is 24.9 Å². The van der Waals surface area contributed by atoms with E-state index in [-0.39, 0.29) is 5.04 Å². The number of hydrogen-bond acceptors (Lipinski definition) is 2. The maximum atomic E-state index is 5.40. The second-order valence-corrected chi connectivity index (χ2v) is 11.0. The third-order valence-corrected chi connectivity index (χ3v) is 8.32. The smallest absolute Gasteiger partial charge is 0.153 e. The van der Waals surface area contributed by atoms with Gasteiger partial charge in [0, 0.05) is 6.20 Å². The van der Waals surface area contributed by atoms with Crippen LogP contribution in [0.5, 0.6) is 0 Å². The van der Waals surface area contributed by atoms with Crippen molar-refractivity contribution in [3.05, 3.63) is 30.1 Å². The van der Waals surface area contributed by atoms with Gasteiger partial charge in [-0.15, -0.1) is 0 Å². The maximum Gasteiger partial charge on any atom is 0.153 e. The molecule has 0 bridgehead atoms. The van der Waals surface area contributed by atoms with Crippen molar-refractivity contribution in [1.82, 2.24) is 9.97 Å². The summed E-state index contributed by atoms with van der Waals surface area (Å²) in [6, 6.07) is 5.81. The molecule has 1 N–H and O–H groups in total. The van der Waals surface area contributed by atoms with Crippen LogP contribution in [0, 0.1) is 0 Å². The quantitative estimate of drug-likeness (QED) is 0.645. The highest BCUT2D eigenvalue weighted by Gasteiger charge is 2.36. The second-order valence-electron chi connectivity index (χ2n) is 5.54. The molecule has 0 unspecified atom stereocenters. The SMILES string of the molecule is CC(C)(C)[Si](C)(C)NC(=S)c1ccccn1. The molecule has 0 aromatic carbocycles. The summed E-state index contributed by atoms with van der Waals surface area (Å²) in [5.74, 6) is 0. The van der Waals surface area contributed by atoms with E-state index in [1.54, 1.807) is 6.20 Å². The summed E-state index contributed by atoms with van der Waals surface area (Å²) >= 11 is 5.40. The highest BCUT2D eigenvalue weighted by molar-refractivity contribution is 7.80. The van der Waals surface area contributed by atoms with Crippen LogP contribution in [0.1, 0.15) is 26.5 Å². The third-order valence-electron chi connectivity index (χ3n) is 3.20. The molecule has 1 aromatic heterocycles. The number of rotatable bonds is 2. The Morgan fingerprint density at radius 3 is 2.38 bits per heavy atom. The van der Waals surface area contributed by atoms with Crippen LogP contribution in [0.2, 0.25) is 18.1 Å². The number of aromatic nitrogens is 1. The molecule has 2 nitrogen and oxygen atoms in total. The minimum atomic E-state index is -1.58. The van der Waals surface area contributed by atoms with Crippen molar-refractivity contribution >= 4 is 25.4 Å². The molecule has 0 aliphatic heterocycles. The Hall–Kier alpha value is -0.743. The van der Waals surface area contributed by atoms with Gasteiger partial charge in [-0.25, -0.2) is 0 Å². The summed E-state index contributed by atoms with van der Waals surface area (Å²) in [5.41, 5.74) is 0.863. The van der Waals surface area contributed by atoms with Crippen LogP contribution in [0.15, 0.2) is 24.4 Å². The van der Waals surface area contributed by atoms with Gasteiger partial charge < -0.3 is 4.98 Å². The van der Waals surface area contributed by atoms with Gasteiger partial charge in [0.1, 0.15) is 4.99 Å². The van der Waals surface area contributed by atoms with Gasteiger partial charge in [0.25, 0.3) is 0 Å². The molecule has 0 saturated carbocycles. The standard InChI is InChI=1S/C12H20N2SSi/c1-12(2,3)16(4,5)14-11(15)10-8-6-7-9-13-10/h6-9H,1-5H3,(H,14,15). The van der Waals surface area contributed by atoms with Crippen molar-refractivity contribution in [3.63, 3.8) is 0 Å². The van der Waals surface area contributed by atoms with E-state index in [1.807, 2.05) is 18.2 Å². The summed E-state index contributed by atoms with van der Waals surface area (Å²) < 4.78 is 0. The highest BCUT2D eigenvalue weighted by atomic mass is 32.1. The van der Waals surface area contributed by atoms with Crippen LogP contribution >= 0.6 is 12.2 Å². The van der Waals surface area contributed by atoms with E-state index < -0.39 is 8.24 Å². The largest absolute Gasteiger partial charge is 0.400 e. The first-order chi connectivity index (χ1) is 7.24. The zero-order valence-electron chi connectivity index (χ0n) is 10.7. The molecule has 1 heterocycles. The molecule has 0 amide bonds. The molecule has 0 spiro atoms. The van der Waals surface area contributed by atoms with Crippen LogP contribution in [0.25, 0.3) is 0 Å². The number of nitrogens with one attached hydrogen (secondary N) is 1. The lowest BCUT2D eigenvalue weighted by Crippen LogP contribution is -2.54. The zero-order valence-corrected chi connectivity index (χ0v) is 12.5. The van der Waals surface area contributed by atoms with Gasteiger partial charge in [-0.05, 0) is 17.2 Å². The lowest BCUT2D eigenvalue weighted by atomic mass is 10.2. The summed E-state index contributed by atoms with van der Waals surface area (Å²) in [6.45, 7) is 11.4. The minimum absolute atomic E-state index is 0.270. The Bertz CT molecular complexity index is 368. The van der Waals surface area contributed by atoms with Crippen molar-refractivity contribution in [2.45, 2.75) is 38.9 Å². The first-order valence-corrected chi connectivity index (χ1v) is 8.88. The number of nitrogens with zero attached hydrogens (tertiary/aromatic N) is 1. The molecule has 4 heteroatoms. The minimum Gasteiger partial charge on any atom is -0.400 e. The summed E-state index contributed by atoms with van der Waals surface area (Å²) in [7, 11) is -1.58. The molecule has 0 fully saturated rings. The van der Waals surface area contributed by atoms with E-state index in [4.69, 9.17) is 12.2 Å². The maximum absolute atomic E-state index is 5.40. The molecular formula is C12H20N2SSi. The fourth-order valence-corrected chi connectivity index (χ4v) is 2.99. The fraction of sp³-hybridized carbons (Fsp3) is 0.500. The molecule has 1 rings (SSSR count). The highest BCUT2D eigenvalue weighted by Crippen LogP contribution is 2.33. The number of pyridine rings is 1. The van der Waals surface area contributed by atoms with Crippen molar-refractivity contribution in [1.29, 1.82) is 0 Å². The van der Waals surface area contributed by atoms with Gasteiger partial charge in [-0.3, -0.25) is 4.98 Å². The Morgan fingerprint density at radius 2 is 1.94 bits per heavy atom. The predicted molar refractivity (Wildman–Crippen MR) is 76.3 cm³/mol. The molecule has 0 aliphatic carbocycles. The molecule has 0 atom stereocenters. The first kappa shape index (κ1) is 13.3. The molecule has 0 saturated heterocycles. The summed E-state index contributed by atoms with van der Waals surface area (Å²) in [5, 5.41) is 0.270. The number of thiocarbonyl (C=S) groups is 1. The molecule has 88 valence electrons. The van der Waals surface area contributed by atoms with Crippen LogP contribution in [0.4, 0.5) is 0 Å². The van der Waals surface area contributed by atoms with E-state index >= 15 is 0 Å². The Kier molecular flexibility index (Phi) is 3.86. The molecule has 0 aliphatic rings. The van der Waals surface area contributed by atoms with E-state index in [1.165, 1.54) is 0 Å². The summed E-state index contributed by atoms with van der Waals surface area (Å²) in [4.78, 5) is 8.55. The van der Waals surface area contributed by atoms with Crippen LogP contribution < -0.4 is 4.98 Å². The van der Waals surface area contributed by atoms with E-state index in [0.29, 0.717) is 0 Å². The molecule has 16 heavy (non-hydrogen) atoms. The number of hydrogen-bond donors (Lipinski definition) is 1. The van der Waals surface area contributed by atoms with Gasteiger partial charge in [0.15, 0.2) is 8.24 Å². The predicted octanol–water partition coefficient (Wildman–Crippen LogP) is 3.35. The molecule has 1 aromatic rings. The lowest BCUT2D eigenvalue weighted by molar-refractivity contribution is 0.710.